The van der Waals surface area contributed by atoms with E-state index >= 15 is 0 Å². The number of ether oxygens (including phenoxy) is 2. The smallest absolute Gasteiger partial charge is 0.255 e. The SMILES string of the molecule is CCNC(=NCCc1ccc(OCC(N)=O)cc1)NCCOc1ccccc1. The van der Waals surface area contributed by atoms with E-state index < -0.39 is 5.91 Å². The van der Waals surface area contributed by atoms with Gasteiger partial charge in [-0.25, -0.2) is 0 Å². The van der Waals surface area contributed by atoms with Gasteiger partial charge in [-0.1, -0.05) is 30.3 Å². The van der Waals surface area contributed by atoms with Gasteiger partial charge in [0.05, 0.1) is 6.54 Å². The number of carbonyl (C=O) groups is 1. The molecule has 0 spiro atoms. The number of aliphatic imine (C=N–C) groups is 1. The van der Waals surface area contributed by atoms with Crippen molar-refractivity contribution in [1.82, 2.24) is 10.6 Å². The van der Waals surface area contributed by atoms with E-state index in [0.717, 1.165) is 30.2 Å². The van der Waals surface area contributed by atoms with Crippen LogP contribution in [0.2, 0.25) is 0 Å². The number of amides is 1. The predicted octanol–water partition coefficient (Wildman–Crippen LogP) is 1.73. The summed E-state index contributed by atoms with van der Waals surface area (Å²) in [4.78, 5) is 15.3. The van der Waals surface area contributed by atoms with Gasteiger partial charge >= 0.3 is 0 Å². The molecule has 150 valence electrons. The van der Waals surface area contributed by atoms with E-state index in [1.807, 2.05) is 61.5 Å². The zero-order valence-corrected chi connectivity index (χ0v) is 16.2. The lowest BCUT2D eigenvalue weighted by molar-refractivity contribution is -0.119. The lowest BCUT2D eigenvalue weighted by atomic mass is 10.1. The van der Waals surface area contributed by atoms with Crippen LogP contribution in [0.15, 0.2) is 59.6 Å². The standard InChI is InChI=1S/C21H28N4O3/c1-2-23-21(25-14-15-27-18-6-4-3-5-7-18)24-13-12-17-8-10-19(11-9-17)28-16-20(22)26/h3-11H,2,12-16H2,1H3,(H2,22,26)(H2,23,24,25). The summed E-state index contributed by atoms with van der Waals surface area (Å²) in [5, 5.41) is 6.49. The van der Waals surface area contributed by atoms with Crippen molar-refractivity contribution >= 4 is 11.9 Å². The first kappa shape index (κ1) is 21.1. The van der Waals surface area contributed by atoms with Crippen LogP contribution in [0.25, 0.3) is 0 Å². The minimum absolute atomic E-state index is 0.116. The number of guanidine groups is 1. The van der Waals surface area contributed by atoms with E-state index in [2.05, 4.69) is 15.6 Å². The zero-order chi connectivity index (χ0) is 20.0. The van der Waals surface area contributed by atoms with Gasteiger partial charge in [0, 0.05) is 13.1 Å². The molecule has 0 aliphatic carbocycles. The lowest BCUT2D eigenvalue weighted by Crippen LogP contribution is -2.39. The maximum atomic E-state index is 10.7. The molecule has 28 heavy (non-hydrogen) atoms. The molecule has 4 N–H and O–H groups in total. The largest absolute Gasteiger partial charge is 0.492 e. The van der Waals surface area contributed by atoms with Gasteiger partial charge in [0.2, 0.25) is 0 Å². The number of benzene rings is 2. The third kappa shape index (κ3) is 8.44. The molecule has 0 heterocycles. The van der Waals surface area contributed by atoms with Crippen LogP contribution in [0.3, 0.4) is 0 Å². The summed E-state index contributed by atoms with van der Waals surface area (Å²) >= 11 is 0. The summed E-state index contributed by atoms with van der Waals surface area (Å²) in [7, 11) is 0. The van der Waals surface area contributed by atoms with Crippen LogP contribution in [-0.4, -0.2) is 44.7 Å². The second-order valence-corrected chi connectivity index (χ2v) is 6.00. The summed E-state index contributed by atoms with van der Waals surface area (Å²) in [5.74, 6) is 1.76. The average molecular weight is 384 g/mol. The molecule has 1 amide bonds. The molecular formula is C21H28N4O3. The normalized spacial score (nSPS) is 11.0. The first-order valence-corrected chi connectivity index (χ1v) is 9.37. The number of para-hydroxylation sites is 1. The summed E-state index contributed by atoms with van der Waals surface area (Å²) in [6.45, 7) is 4.57. The molecule has 0 atom stereocenters. The Balaban J connectivity index is 1.73. The maximum absolute atomic E-state index is 10.7. The maximum Gasteiger partial charge on any atom is 0.255 e. The van der Waals surface area contributed by atoms with Crippen LogP contribution in [0.1, 0.15) is 12.5 Å². The highest BCUT2D eigenvalue weighted by molar-refractivity contribution is 5.79. The summed E-state index contributed by atoms with van der Waals surface area (Å²) in [6.07, 6.45) is 0.799. The Hall–Kier alpha value is -3.22. The van der Waals surface area contributed by atoms with Gasteiger partial charge in [0.15, 0.2) is 12.6 Å². The van der Waals surface area contributed by atoms with Crippen LogP contribution in [0, 0.1) is 0 Å². The van der Waals surface area contributed by atoms with Crippen LogP contribution in [0.4, 0.5) is 0 Å². The number of rotatable bonds is 11. The first-order chi connectivity index (χ1) is 13.7. The molecule has 0 aliphatic rings. The molecular weight excluding hydrogens is 356 g/mol. The van der Waals surface area contributed by atoms with Gasteiger partial charge in [-0.2, -0.15) is 0 Å². The lowest BCUT2D eigenvalue weighted by Gasteiger charge is -2.12. The highest BCUT2D eigenvalue weighted by Crippen LogP contribution is 2.12. The number of hydrogen-bond acceptors (Lipinski definition) is 4. The van der Waals surface area contributed by atoms with Crippen molar-refractivity contribution in [2.24, 2.45) is 10.7 Å². The van der Waals surface area contributed by atoms with E-state index in [0.29, 0.717) is 25.4 Å². The quantitative estimate of drug-likeness (QED) is 0.311. The number of nitrogens with zero attached hydrogens (tertiary/aromatic N) is 1. The second-order valence-electron chi connectivity index (χ2n) is 6.00. The molecule has 0 radical (unpaired) electrons. The van der Waals surface area contributed by atoms with E-state index in [1.54, 1.807) is 0 Å². The Morgan fingerprint density at radius 1 is 1.00 bits per heavy atom. The van der Waals surface area contributed by atoms with E-state index in [1.165, 1.54) is 0 Å². The van der Waals surface area contributed by atoms with Crippen molar-refractivity contribution in [3.05, 3.63) is 60.2 Å². The number of primary amides is 1. The first-order valence-electron chi connectivity index (χ1n) is 9.37. The molecule has 0 fully saturated rings. The van der Waals surface area contributed by atoms with Gasteiger partial charge < -0.3 is 25.8 Å². The Kier molecular flexibility index (Phi) is 9.20. The minimum atomic E-state index is -0.490. The Bertz CT molecular complexity index is 733. The van der Waals surface area contributed by atoms with E-state index in [4.69, 9.17) is 15.2 Å². The number of nitrogens with one attached hydrogen (secondary N) is 2. The van der Waals surface area contributed by atoms with E-state index in [9.17, 15) is 4.79 Å². The fourth-order valence-electron chi connectivity index (χ4n) is 2.40. The van der Waals surface area contributed by atoms with Crippen LogP contribution in [0.5, 0.6) is 11.5 Å². The molecule has 2 aromatic rings. The Morgan fingerprint density at radius 3 is 2.39 bits per heavy atom. The van der Waals surface area contributed by atoms with Gasteiger partial charge in [-0.05, 0) is 43.2 Å². The van der Waals surface area contributed by atoms with Gasteiger partial charge in [-0.15, -0.1) is 0 Å². The van der Waals surface area contributed by atoms with Crippen molar-refractivity contribution in [3.63, 3.8) is 0 Å². The molecule has 0 unspecified atom stereocenters. The molecule has 0 aliphatic heterocycles. The van der Waals surface area contributed by atoms with E-state index in [-0.39, 0.29) is 6.61 Å². The number of carbonyl (C=O) groups excluding carboxylic acids is 1. The van der Waals surface area contributed by atoms with Gasteiger partial charge in [-0.3, -0.25) is 9.79 Å². The fraction of sp³-hybridized carbons (Fsp3) is 0.333. The van der Waals surface area contributed by atoms with Gasteiger partial charge in [0.25, 0.3) is 5.91 Å². The Labute approximate surface area is 165 Å². The van der Waals surface area contributed by atoms with Crippen molar-refractivity contribution in [1.29, 1.82) is 0 Å². The number of nitrogens with two attached hydrogens (primary N) is 1. The summed E-state index contributed by atoms with van der Waals surface area (Å²) in [6, 6.07) is 17.3. The minimum Gasteiger partial charge on any atom is -0.492 e. The van der Waals surface area contributed by atoms with Crippen molar-refractivity contribution in [3.8, 4) is 11.5 Å². The van der Waals surface area contributed by atoms with Crippen molar-refractivity contribution in [2.45, 2.75) is 13.3 Å². The molecule has 2 aromatic carbocycles. The molecule has 0 saturated heterocycles. The topological polar surface area (TPSA) is 98.0 Å². The molecule has 2 rings (SSSR count). The second kappa shape index (κ2) is 12.2. The summed E-state index contributed by atoms with van der Waals surface area (Å²) in [5.41, 5.74) is 6.20. The van der Waals surface area contributed by atoms with Gasteiger partial charge in [0.1, 0.15) is 18.1 Å². The highest BCUT2D eigenvalue weighted by Gasteiger charge is 2.00. The molecule has 7 heteroatoms. The zero-order valence-electron chi connectivity index (χ0n) is 16.2. The molecule has 0 saturated carbocycles. The molecule has 7 nitrogen and oxygen atoms in total. The van der Waals surface area contributed by atoms with Crippen LogP contribution in [-0.2, 0) is 11.2 Å². The van der Waals surface area contributed by atoms with Crippen molar-refractivity contribution in [2.75, 3.05) is 32.8 Å². The fourth-order valence-corrected chi connectivity index (χ4v) is 2.40. The summed E-state index contributed by atoms with van der Waals surface area (Å²) < 4.78 is 10.9. The van der Waals surface area contributed by atoms with Crippen LogP contribution < -0.4 is 25.8 Å². The van der Waals surface area contributed by atoms with Crippen molar-refractivity contribution < 1.29 is 14.3 Å². The molecule has 0 aromatic heterocycles. The third-order valence-electron chi connectivity index (χ3n) is 3.73. The monoisotopic (exact) mass is 384 g/mol. The number of hydrogen-bond donors (Lipinski definition) is 3. The van der Waals surface area contributed by atoms with Crippen LogP contribution >= 0.6 is 0 Å². The highest BCUT2D eigenvalue weighted by atomic mass is 16.5. The average Bonchev–Trinajstić information content (AvgIpc) is 2.71. The predicted molar refractivity (Wildman–Crippen MR) is 111 cm³/mol. The Morgan fingerprint density at radius 2 is 1.71 bits per heavy atom. The third-order valence-corrected chi connectivity index (χ3v) is 3.73. The molecule has 0 bridgehead atoms.